The second kappa shape index (κ2) is 10.3. The molecule has 4 N–H and O–H groups in total. The molecule has 0 saturated heterocycles. The van der Waals surface area contributed by atoms with Crippen LogP contribution in [-0.4, -0.2) is 49.3 Å². The van der Waals surface area contributed by atoms with E-state index < -0.39 is 11.5 Å². The molecule has 3 heterocycles. The number of aliphatic hydroxyl groups is 1. The average Bonchev–Trinajstić information content (AvgIpc) is 3.26. The number of fused-ring (bicyclic) bond motifs is 1. The van der Waals surface area contributed by atoms with Gasteiger partial charge >= 0.3 is 0 Å². The van der Waals surface area contributed by atoms with Crippen LogP contribution in [0.15, 0.2) is 48.8 Å². The van der Waals surface area contributed by atoms with Crippen LogP contribution in [0.4, 0.5) is 21.6 Å². The largest absolute Gasteiger partial charge is 0.389 e. The first-order valence-corrected chi connectivity index (χ1v) is 11.8. The summed E-state index contributed by atoms with van der Waals surface area (Å²) in [6, 6.07) is 10.2. The molecule has 1 amide bonds. The van der Waals surface area contributed by atoms with Crippen molar-refractivity contribution in [3.05, 3.63) is 65.9 Å². The van der Waals surface area contributed by atoms with Crippen LogP contribution >= 0.6 is 0 Å². The number of pyridine rings is 1. The smallest absolute Gasteiger partial charge is 0.251 e. The normalized spacial score (nSPS) is 11.5. The molecule has 4 rings (SSSR count). The van der Waals surface area contributed by atoms with E-state index in [4.69, 9.17) is 5.10 Å². The van der Waals surface area contributed by atoms with Crippen molar-refractivity contribution >= 4 is 28.7 Å². The number of nitrogens with zero attached hydrogens (tertiary/aromatic N) is 4. The fourth-order valence-electron chi connectivity index (χ4n) is 3.68. The fourth-order valence-corrected chi connectivity index (χ4v) is 3.68. The Labute approximate surface area is 208 Å². The number of hydrogen-bond donors (Lipinski definition) is 4. The highest BCUT2D eigenvalue weighted by molar-refractivity contribution is 5.96. The molecule has 0 radical (unpaired) electrons. The van der Waals surface area contributed by atoms with E-state index in [1.165, 1.54) is 12.3 Å². The SMILES string of the molecule is CCCNC(=O)c1ccc(-c2cnc3c(NCC(C)(C)O)cc(Nc4ccc(F)nc4)nn23)cc1C. The lowest BCUT2D eigenvalue weighted by Gasteiger charge is -2.19. The lowest BCUT2D eigenvalue weighted by atomic mass is 10.0. The number of benzene rings is 1. The van der Waals surface area contributed by atoms with E-state index >= 15 is 0 Å². The molecular weight excluding hydrogens is 461 g/mol. The molecule has 188 valence electrons. The standard InChI is InChI=1S/C26H30FN7O2/c1-5-10-28-25(35)19-8-6-17(11-16(19)2)21-14-30-24-20(31-15-26(3,4)36)12-23(33-34(21)24)32-18-7-9-22(27)29-13-18/h6-9,11-14,31,36H,5,10,15H2,1-4H3,(H,28,35)(H,32,33). The summed E-state index contributed by atoms with van der Waals surface area (Å²) in [5.74, 6) is -0.203. The Morgan fingerprint density at radius 3 is 2.61 bits per heavy atom. The third kappa shape index (κ3) is 5.77. The summed E-state index contributed by atoms with van der Waals surface area (Å²) in [6.07, 6.45) is 3.96. The quantitative estimate of drug-likeness (QED) is 0.258. The minimum Gasteiger partial charge on any atom is -0.389 e. The molecule has 0 saturated carbocycles. The summed E-state index contributed by atoms with van der Waals surface area (Å²) in [6.45, 7) is 8.23. The van der Waals surface area contributed by atoms with Gasteiger partial charge < -0.3 is 21.1 Å². The Bertz CT molecular complexity index is 1380. The Morgan fingerprint density at radius 1 is 1.14 bits per heavy atom. The molecule has 0 aliphatic rings. The van der Waals surface area contributed by atoms with Crippen LogP contribution in [-0.2, 0) is 0 Å². The van der Waals surface area contributed by atoms with E-state index in [1.54, 1.807) is 42.8 Å². The topological polar surface area (TPSA) is 116 Å². The molecule has 9 nitrogen and oxygen atoms in total. The van der Waals surface area contributed by atoms with Gasteiger partial charge in [0.25, 0.3) is 5.91 Å². The third-order valence-electron chi connectivity index (χ3n) is 5.48. The Morgan fingerprint density at radius 2 is 1.94 bits per heavy atom. The Hall–Kier alpha value is -4.05. The van der Waals surface area contributed by atoms with Gasteiger partial charge in [-0.15, -0.1) is 5.10 Å². The number of nitrogens with one attached hydrogen (secondary N) is 3. The van der Waals surface area contributed by atoms with Crippen molar-refractivity contribution in [1.82, 2.24) is 24.9 Å². The zero-order valence-electron chi connectivity index (χ0n) is 20.8. The number of hydrogen-bond acceptors (Lipinski definition) is 7. The molecule has 0 aliphatic heterocycles. The van der Waals surface area contributed by atoms with E-state index in [-0.39, 0.29) is 12.5 Å². The second-order valence-electron chi connectivity index (χ2n) is 9.27. The van der Waals surface area contributed by atoms with E-state index in [9.17, 15) is 14.3 Å². The predicted octanol–water partition coefficient (Wildman–Crippen LogP) is 4.31. The van der Waals surface area contributed by atoms with Gasteiger partial charge in [0.2, 0.25) is 5.95 Å². The Kier molecular flexibility index (Phi) is 7.16. The molecule has 0 fully saturated rings. The number of amides is 1. The van der Waals surface area contributed by atoms with Crippen LogP contribution in [0.25, 0.3) is 16.9 Å². The van der Waals surface area contributed by atoms with E-state index in [2.05, 4.69) is 25.9 Å². The summed E-state index contributed by atoms with van der Waals surface area (Å²) in [4.78, 5) is 20.7. The molecule has 0 bridgehead atoms. The van der Waals surface area contributed by atoms with Crippen molar-refractivity contribution < 1.29 is 14.3 Å². The van der Waals surface area contributed by atoms with Gasteiger partial charge in [-0.1, -0.05) is 13.0 Å². The van der Waals surface area contributed by atoms with Crippen LogP contribution in [0.5, 0.6) is 0 Å². The summed E-state index contributed by atoms with van der Waals surface area (Å²) in [5, 5.41) is 24.2. The van der Waals surface area contributed by atoms with Crippen molar-refractivity contribution in [3.63, 3.8) is 0 Å². The van der Waals surface area contributed by atoms with E-state index in [0.717, 1.165) is 23.2 Å². The van der Waals surface area contributed by atoms with Gasteiger partial charge in [-0.3, -0.25) is 4.79 Å². The summed E-state index contributed by atoms with van der Waals surface area (Å²) in [5.41, 5.74) is 3.86. The molecule has 0 unspecified atom stereocenters. The van der Waals surface area contributed by atoms with Gasteiger partial charge in [0.15, 0.2) is 11.5 Å². The highest BCUT2D eigenvalue weighted by Gasteiger charge is 2.18. The molecule has 0 spiro atoms. The highest BCUT2D eigenvalue weighted by Crippen LogP contribution is 2.28. The number of aryl methyl sites for hydroxylation is 1. The van der Waals surface area contributed by atoms with Crippen molar-refractivity contribution in [2.24, 2.45) is 0 Å². The van der Waals surface area contributed by atoms with Gasteiger partial charge in [0.05, 0.1) is 35.1 Å². The molecule has 1 aromatic carbocycles. The van der Waals surface area contributed by atoms with Gasteiger partial charge in [-0.05, 0) is 57.0 Å². The van der Waals surface area contributed by atoms with Crippen molar-refractivity contribution in [2.45, 2.75) is 39.7 Å². The van der Waals surface area contributed by atoms with Crippen LogP contribution in [0.3, 0.4) is 0 Å². The minimum absolute atomic E-state index is 0.102. The fraction of sp³-hybridized carbons (Fsp3) is 0.308. The lowest BCUT2D eigenvalue weighted by Crippen LogP contribution is -2.29. The highest BCUT2D eigenvalue weighted by atomic mass is 19.1. The molecule has 0 atom stereocenters. The third-order valence-corrected chi connectivity index (χ3v) is 5.48. The molecular formula is C26H30FN7O2. The van der Waals surface area contributed by atoms with E-state index in [1.807, 2.05) is 26.0 Å². The first-order valence-electron chi connectivity index (χ1n) is 11.8. The maximum Gasteiger partial charge on any atom is 0.251 e. The Balaban J connectivity index is 1.75. The zero-order valence-corrected chi connectivity index (χ0v) is 20.8. The summed E-state index contributed by atoms with van der Waals surface area (Å²) in [7, 11) is 0. The van der Waals surface area contributed by atoms with E-state index in [0.29, 0.717) is 34.9 Å². The monoisotopic (exact) mass is 491 g/mol. The first-order chi connectivity index (χ1) is 17.1. The minimum atomic E-state index is -0.949. The molecule has 36 heavy (non-hydrogen) atoms. The molecule has 4 aromatic rings. The number of imidazole rings is 1. The molecule has 3 aromatic heterocycles. The molecule has 0 aliphatic carbocycles. The van der Waals surface area contributed by atoms with Crippen LogP contribution in [0.1, 0.15) is 43.1 Å². The summed E-state index contributed by atoms with van der Waals surface area (Å²) < 4.78 is 14.9. The second-order valence-corrected chi connectivity index (χ2v) is 9.27. The van der Waals surface area contributed by atoms with Crippen molar-refractivity contribution in [3.8, 4) is 11.3 Å². The van der Waals surface area contributed by atoms with Crippen LogP contribution in [0.2, 0.25) is 0 Å². The maximum atomic E-state index is 13.3. The summed E-state index contributed by atoms with van der Waals surface area (Å²) >= 11 is 0. The van der Waals surface area contributed by atoms with Crippen LogP contribution < -0.4 is 16.0 Å². The van der Waals surface area contributed by atoms with Gasteiger partial charge in [0, 0.05) is 30.3 Å². The number of halogens is 1. The van der Waals surface area contributed by atoms with Gasteiger partial charge in [-0.2, -0.15) is 4.39 Å². The lowest BCUT2D eigenvalue weighted by molar-refractivity contribution is 0.0941. The van der Waals surface area contributed by atoms with Gasteiger partial charge in [-0.25, -0.2) is 14.5 Å². The average molecular weight is 492 g/mol. The number of rotatable bonds is 9. The number of aromatic nitrogens is 4. The predicted molar refractivity (Wildman–Crippen MR) is 138 cm³/mol. The van der Waals surface area contributed by atoms with Crippen LogP contribution in [0, 0.1) is 12.9 Å². The zero-order chi connectivity index (χ0) is 25.9. The number of carbonyl (C=O) groups is 1. The molecule has 10 heteroatoms. The first kappa shape index (κ1) is 25.1. The van der Waals surface area contributed by atoms with Gasteiger partial charge in [0.1, 0.15) is 0 Å². The number of anilines is 3. The number of carbonyl (C=O) groups excluding carboxylic acids is 1. The maximum absolute atomic E-state index is 13.3. The van der Waals surface area contributed by atoms with Crippen molar-refractivity contribution in [1.29, 1.82) is 0 Å². The van der Waals surface area contributed by atoms with Crippen molar-refractivity contribution in [2.75, 3.05) is 23.7 Å².